The minimum Gasteiger partial charge on any atom is -0.352 e. The van der Waals surface area contributed by atoms with Crippen molar-refractivity contribution in [1.82, 2.24) is 10.2 Å². The summed E-state index contributed by atoms with van der Waals surface area (Å²) < 4.78 is 0. The summed E-state index contributed by atoms with van der Waals surface area (Å²) >= 11 is 12.1. The Labute approximate surface area is 171 Å². The van der Waals surface area contributed by atoms with Gasteiger partial charge in [-0.25, -0.2) is 0 Å². The van der Waals surface area contributed by atoms with E-state index in [1.54, 1.807) is 6.07 Å². The first-order valence-corrected chi connectivity index (χ1v) is 10.3. The molecule has 1 fully saturated rings. The standard InChI is InChI=1S/C22H26Cl2N2O/c23-20-7-6-19(15-21(20)24)22(25-16-27)10-13-26-11-8-18(9-12-26)14-17-4-2-1-3-5-17/h1-7,15-16,18,22H,8-14H2,(H,25,27). The van der Waals surface area contributed by atoms with E-state index in [-0.39, 0.29) is 6.04 Å². The molecule has 0 radical (unpaired) electrons. The third kappa shape index (κ3) is 5.97. The Morgan fingerprint density at radius 2 is 1.81 bits per heavy atom. The molecule has 0 aromatic heterocycles. The van der Waals surface area contributed by atoms with Crippen LogP contribution < -0.4 is 5.32 Å². The van der Waals surface area contributed by atoms with E-state index >= 15 is 0 Å². The zero-order chi connectivity index (χ0) is 19.1. The van der Waals surface area contributed by atoms with Crippen LogP contribution >= 0.6 is 23.2 Å². The maximum absolute atomic E-state index is 11.0. The van der Waals surface area contributed by atoms with E-state index in [4.69, 9.17) is 23.2 Å². The van der Waals surface area contributed by atoms with Gasteiger partial charge in [0.15, 0.2) is 0 Å². The Kier molecular flexibility index (Phi) is 7.57. The average molecular weight is 405 g/mol. The van der Waals surface area contributed by atoms with Crippen molar-refractivity contribution in [2.24, 2.45) is 5.92 Å². The zero-order valence-corrected chi connectivity index (χ0v) is 16.9. The Morgan fingerprint density at radius 1 is 1.07 bits per heavy atom. The maximum Gasteiger partial charge on any atom is 0.207 e. The van der Waals surface area contributed by atoms with Crippen molar-refractivity contribution in [2.45, 2.75) is 31.7 Å². The Morgan fingerprint density at radius 3 is 2.48 bits per heavy atom. The third-order valence-corrected chi connectivity index (χ3v) is 6.16. The first-order chi connectivity index (χ1) is 13.2. The van der Waals surface area contributed by atoms with E-state index in [1.165, 1.54) is 24.8 Å². The fourth-order valence-corrected chi connectivity index (χ4v) is 4.14. The van der Waals surface area contributed by atoms with E-state index in [0.29, 0.717) is 10.0 Å². The van der Waals surface area contributed by atoms with Crippen LogP contribution in [0.25, 0.3) is 0 Å². The van der Waals surface area contributed by atoms with Crippen molar-refractivity contribution in [3.63, 3.8) is 0 Å². The molecular weight excluding hydrogens is 379 g/mol. The highest BCUT2D eigenvalue weighted by Gasteiger charge is 2.21. The van der Waals surface area contributed by atoms with E-state index in [9.17, 15) is 4.79 Å². The smallest absolute Gasteiger partial charge is 0.207 e. The normalized spacial score (nSPS) is 16.8. The van der Waals surface area contributed by atoms with Gasteiger partial charge < -0.3 is 10.2 Å². The van der Waals surface area contributed by atoms with Crippen molar-refractivity contribution in [2.75, 3.05) is 19.6 Å². The number of piperidine rings is 1. The van der Waals surface area contributed by atoms with Crippen LogP contribution in [0.3, 0.4) is 0 Å². The zero-order valence-electron chi connectivity index (χ0n) is 15.4. The van der Waals surface area contributed by atoms with Gasteiger partial charge in [0.1, 0.15) is 0 Å². The summed E-state index contributed by atoms with van der Waals surface area (Å²) in [4.78, 5) is 13.5. The minimum atomic E-state index is -0.0423. The molecule has 0 bridgehead atoms. The van der Waals surface area contributed by atoms with Crippen LogP contribution in [-0.4, -0.2) is 30.9 Å². The molecule has 0 aliphatic carbocycles. The Balaban J connectivity index is 1.48. The number of benzene rings is 2. The molecular formula is C22H26Cl2N2O. The van der Waals surface area contributed by atoms with Gasteiger partial charge in [-0.15, -0.1) is 0 Å². The van der Waals surface area contributed by atoms with Gasteiger partial charge in [0, 0.05) is 6.54 Å². The molecule has 1 atom stereocenters. The highest BCUT2D eigenvalue weighted by atomic mass is 35.5. The van der Waals surface area contributed by atoms with Crippen LogP contribution in [-0.2, 0) is 11.2 Å². The van der Waals surface area contributed by atoms with Gasteiger partial charge in [-0.2, -0.15) is 0 Å². The monoisotopic (exact) mass is 404 g/mol. The first-order valence-electron chi connectivity index (χ1n) is 9.56. The van der Waals surface area contributed by atoms with Crippen molar-refractivity contribution in [3.05, 3.63) is 69.7 Å². The summed E-state index contributed by atoms with van der Waals surface area (Å²) in [7, 11) is 0. The van der Waals surface area contributed by atoms with Gasteiger partial charge in [-0.05, 0) is 68.0 Å². The number of carbonyl (C=O) groups excluding carboxylic acids is 1. The summed E-state index contributed by atoms with van der Waals surface area (Å²) in [6, 6.07) is 16.3. The lowest BCUT2D eigenvalue weighted by molar-refractivity contribution is -0.110. The van der Waals surface area contributed by atoms with Crippen LogP contribution in [0.2, 0.25) is 10.0 Å². The highest BCUT2D eigenvalue weighted by Crippen LogP contribution is 2.28. The summed E-state index contributed by atoms with van der Waals surface area (Å²) in [6.45, 7) is 3.20. The SMILES string of the molecule is O=CNC(CCN1CCC(Cc2ccccc2)CC1)c1ccc(Cl)c(Cl)c1. The molecule has 144 valence electrons. The van der Waals surface area contributed by atoms with Crippen LogP contribution in [0, 0.1) is 5.92 Å². The van der Waals surface area contributed by atoms with Gasteiger partial charge in [0.2, 0.25) is 6.41 Å². The van der Waals surface area contributed by atoms with Crippen molar-refractivity contribution in [3.8, 4) is 0 Å². The Bertz CT molecular complexity index is 730. The molecule has 3 nitrogen and oxygen atoms in total. The second kappa shape index (κ2) is 10.1. The van der Waals surface area contributed by atoms with E-state index in [0.717, 1.165) is 43.9 Å². The van der Waals surface area contributed by atoms with E-state index < -0.39 is 0 Å². The predicted octanol–water partition coefficient (Wildman–Crippen LogP) is 5.13. The van der Waals surface area contributed by atoms with Gasteiger partial charge in [0.05, 0.1) is 16.1 Å². The largest absolute Gasteiger partial charge is 0.352 e. The average Bonchev–Trinajstić information content (AvgIpc) is 2.69. The fraction of sp³-hybridized carbons (Fsp3) is 0.409. The summed E-state index contributed by atoms with van der Waals surface area (Å²) in [5.74, 6) is 0.766. The number of rotatable bonds is 8. The van der Waals surface area contributed by atoms with Crippen molar-refractivity contribution < 1.29 is 4.79 Å². The van der Waals surface area contributed by atoms with Crippen LogP contribution in [0.15, 0.2) is 48.5 Å². The van der Waals surface area contributed by atoms with Gasteiger partial charge in [-0.3, -0.25) is 4.79 Å². The van der Waals surface area contributed by atoms with Crippen LogP contribution in [0.1, 0.15) is 36.4 Å². The van der Waals surface area contributed by atoms with E-state index in [2.05, 4.69) is 40.5 Å². The van der Waals surface area contributed by atoms with Crippen LogP contribution in [0.4, 0.5) is 0 Å². The molecule has 1 heterocycles. The number of nitrogens with one attached hydrogen (secondary N) is 1. The first kappa shape index (κ1) is 20.2. The molecule has 3 rings (SSSR count). The number of amides is 1. The number of hydrogen-bond acceptors (Lipinski definition) is 2. The van der Waals surface area contributed by atoms with Gasteiger partial charge in [0.25, 0.3) is 0 Å². The second-order valence-corrected chi connectivity index (χ2v) is 8.09. The minimum absolute atomic E-state index is 0.0423. The lowest BCUT2D eigenvalue weighted by atomic mass is 9.90. The molecule has 1 unspecified atom stereocenters. The molecule has 1 amide bonds. The molecule has 5 heteroatoms. The Hall–Kier alpha value is -1.55. The summed E-state index contributed by atoms with van der Waals surface area (Å²) in [5.41, 5.74) is 2.43. The molecule has 27 heavy (non-hydrogen) atoms. The topological polar surface area (TPSA) is 32.3 Å². The molecule has 0 spiro atoms. The van der Waals surface area contributed by atoms with Crippen molar-refractivity contribution in [1.29, 1.82) is 0 Å². The molecule has 2 aromatic carbocycles. The predicted molar refractivity (Wildman–Crippen MR) is 112 cm³/mol. The number of nitrogens with zero attached hydrogens (tertiary/aromatic N) is 1. The molecule has 1 N–H and O–H groups in total. The third-order valence-electron chi connectivity index (χ3n) is 5.42. The number of hydrogen-bond donors (Lipinski definition) is 1. The molecule has 2 aromatic rings. The van der Waals surface area contributed by atoms with Crippen LogP contribution in [0.5, 0.6) is 0 Å². The lowest BCUT2D eigenvalue weighted by Gasteiger charge is -2.33. The van der Waals surface area contributed by atoms with Gasteiger partial charge in [-0.1, -0.05) is 59.6 Å². The molecule has 1 saturated heterocycles. The molecule has 0 saturated carbocycles. The number of halogens is 2. The highest BCUT2D eigenvalue weighted by molar-refractivity contribution is 6.42. The molecule has 1 aliphatic rings. The molecule has 1 aliphatic heterocycles. The summed E-state index contributed by atoms with van der Waals surface area (Å²) in [6.07, 6.45) is 5.26. The fourth-order valence-electron chi connectivity index (χ4n) is 3.83. The van der Waals surface area contributed by atoms with Gasteiger partial charge >= 0.3 is 0 Å². The van der Waals surface area contributed by atoms with Crippen molar-refractivity contribution >= 4 is 29.6 Å². The second-order valence-electron chi connectivity index (χ2n) is 7.27. The lowest BCUT2D eigenvalue weighted by Crippen LogP contribution is -2.36. The van der Waals surface area contributed by atoms with E-state index in [1.807, 2.05) is 12.1 Å². The summed E-state index contributed by atoms with van der Waals surface area (Å²) in [5, 5.41) is 3.97. The number of likely N-dealkylation sites (tertiary alicyclic amines) is 1. The quantitative estimate of drug-likeness (QED) is 0.618. The number of carbonyl (C=O) groups is 1. The maximum atomic E-state index is 11.0.